The molecule has 0 saturated heterocycles. The summed E-state index contributed by atoms with van der Waals surface area (Å²) in [5.41, 5.74) is 1.15. The third-order valence-corrected chi connectivity index (χ3v) is 3.92. The van der Waals surface area contributed by atoms with Crippen LogP contribution in [0.15, 0.2) is 0 Å². The molecule has 0 bridgehead atoms. The van der Waals surface area contributed by atoms with Gasteiger partial charge in [-0.3, -0.25) is 0 Å². The molecule has 0 radical (unpaired) electrons. The molecule has 0 amide bonds. The molecule has 1 heterocycles. The van der Waals surface area contributed by atoms with Crippen LogP contribution in [0.2, 0.25) is 0 Å². The second-order valence-electron chi connectivity index (χ2n) is 3.71. The van der Waals surface area contributed by atoms with Gasteiger partial charge in [0.15, 0.2) is 0 Å². The Bertz CT molecular complexity index is 261. The summed E-state index contributed by atoms with van der Waals surface area (Å²) in [5, 5.41) is 1.38. The molecule has 3 heteroatoms. The minimum absolute atomic E-state index is 0.213. The number of halogens is 1. The van der Waals surface area contributed by atoms with Crippen molar-refractivity contribution >= 4 is 22.9 Å². The Kier molecular flexibility index (Phi) is 3.74. The molecule has 1 aromatic heterocycles. The standard InChI is InChI=1S/C10H16ClNS/c1-6(2)9(11)5-10-12-7(3)8(4)13-10/h6,9H,5H2,1-4H3. The first-order chi connectivity index (χ1) is 6.00. The van der Waals surface area contributed by atoms with E-state index < -0.39 is 0 Å². The van der Waals surface area contributed by atoms with Crippen molar-refractivity contribution in [3.8, 4) is 0 Å². The van der Waals surface area contributed by atoms with E-state index >= 15 is 0 Å². The van der Waals surface area contributed by atoms with Crippen molar-refractivity contribution in [2.24, 2.45) is 5.92 Å². The topological polar surface area (TPSA) is 12.9 Å². The highest BCUT2D eigenvalue weighted by Gasteiger charge is 2.13. The van der Waals surface area contributed by atoms with Crippen molar-refractivity contribution in [2.45, 2.75) is 39.5 Å². The van der Waals surface area contributed by atoms with Gasteiger partial charge in [0.05, 0.1) is 10.7 Å². The van der Waals surface area contributed by atoms with Gasteiger partial charge in [0.2, 0.25) is 0 Å². The second-order valence-corrected chi connectivity index (χ2v) is 5.56. The maximum absolute atomic E-state index is 6.18. The molecule has 0 aliphatic heterocycles. The van der Waals surface area contributed by atoms with Crippen LogP contribution in [0.5, 0.6) is 0 Å². The largest absolute Gasteiger partial charge is 0.246 e. The lowest BCUT2D eigenvalue weighted by atomic mass is 10.1. The highest BCUT2D eigenvalue weighted by atomic mass is 35.5. The zero-order valence-electron chi connectivity index (χ0n) is 8.60. The normalized spacial score (nSPS) is 13.7. The summed E-state index contributed by atoms with van der Waals surface area (Å²) in [6.45, 7) is 8.44. The van der Waals surface area contributed by atoms with Crippen molar-refractivity contribution in [1.82, 2.24) is 4.98 Å². The number of nitrogens with zero attached hydrogens (tertiary/aromatic N) is 1. The number of thiazole rings is 1. The zero-order valence-corrected chi connectivity index (χ0v) is 10.2. The van der Waals surface area contributed by atoms with Gasteiger partial charge in [-0.15, -0.1) is 22.9 Å². The molecule has 74 valence electrons. The van der Waals surface area contributed by atoms with Crippen molar-refractivity contribution < 1.29 is 0 Å². The van der Waals surface area contributed by atoms with Gasteiger partial charge in [-0.1, -0.05) is 13.8 Å². The predicted octanol–water partition coefficient (Wildman–Crippen LogP) is 3.57. The molecular formula is C10H16ClNS. The molecule has 1 aromatic rings. The lowest BCUT2D eigenvalue weighted by molar-refractivity contribution is 0.595. The number of alkyl halides is 1. The molecule has 1 rings (SSSR count). The highest BCUT2D eigenvalue weighted by Crippen LogP contribution is 2.21. The van der Waals surface area contributed by atoms with Crippen LogP contribution in [-0.2, 0) is 6.42 Å². The number of hydrogen-bond donors (Lipinski definition) is 0. The molecule has 0 spiro atoms. The summed E-state index contributed by atoms with van der Waals surface area (Å²) in [7, 11) is 0. The average molecular weight is 218 g/mol. The molecule has 0 N–H and O–H groups in total. The Morgan fingerprint density at radius 1 is 1.38 bits per heavy atom. The maximum atomic E-state index is 6.18. The van der Waals surface area contributed by atoms with Crippen LogP contribution in [-0.4, -0.2) is 10.4 Å². The lowest BCUT2D eigenvalue weighted by Gasteiger charge is -2.10. The van der Waals surface area contributed by atoms with Gasteiger partial charge in [0.25, 0.3) is 0 Å². The second kappa shape index (κ2) is 4.43. The Balaban J connectivity index is 2.64. The fourth-order valence-electron chi connectivity index (χ4n) is 1.03. The van der Waals surface area contributed by atoms with E-state index in [4.69, 9.17) is 11.6 Å². The Hall–Kier alpha value is -0.0800. The van der Waals surface area contributed by atoms with Crippen LogP contribution in [0, 0.1) is 19.8 Å². The fraction of sp³-hybridized carbons (Fsp3) is 0.700. The number of aryl methyl sites for hydroxylation is 2. The van der Waals surface area contributed by atoms with Crippen LogP contribution in [0.1, 0.15) is 29.4 Å². The van der Waals surface area contributed by atoms with Gasteiger partial charge in [0.1, 0.15) is 0 Å². The van der Waals surface area contributed by atoms with Crippen molar-refractivity contribution in [3.05, 3.63) is 15.6 Å². The Morgan fingerprint density at radius 3 is 2.38 bits per heavy atom. The minimum Gasteiger partial charge on any atom is -0.246 e. The van der Waals surface area contributed by atoms with Gasteiger partial charge in [0, 0.05) is 16.7 Å². The van der Waals surface area contributed by atoms with Gasteiger partial charge >= 0.3 is 0 Å². The molecule has 0 aliphatic carbocycles. The van der Waals surface area contributed by atoms with Crippen molar-refractivity contribution in [2.75, 3.05) is 0 Å². The maximum Gasteiger partial charge on any atom is 0.0945 e. The lowest BCUT2D eigenvalue weighted by Crippen LogP contribution is -2.10. The first kappa shape index (κ1) is 11.0. The first-order valence-corrected chi connectivity index (χ1v) is 5.83. The molecule has 1 unspecified atom stereocenters. The third kappa shape index (κ3) is 2.96. The SMILES string of the molecule is Cc1nc(CC(Cl)C(C)C)sc1C. The van der Waals surface area contributed by atoms with Crippen LogP contribution in [0.3, 0.4) is 0 Å². The quantitative estimate of drug-likeness (QED) is 0.706. The van der Waals surface area contributed by atoms with E-state index in [1.807, 2.05) is 6.92 Å². The highest BCUT2D eigenvalue weighted by molar-refractivity contribution is 7.11. The smallest absolute Gasteiger partial charge is 0.0945 e. The van der Waals surface area contributed by atoms with Gasteiger partial charge in [-0.05, 0) is 19.8 Å². The molecule has 0 saturated carbocycles. The summed E-state index contributed by atoms with van der Waals surface area (Å²) >= 11 is 7.94. The summed E-state index contributed by atoms with van der Waals surface area (Å²) in [6, 6.07) is 0. The number of aromatic nitrogens is 1. The van der Waals surface area contributed by atoms with Crippen LogP contribution in [0.4, 0.5) is 0 Å². The summed E-state index contributed by atoms with van der Waals surface area (Å²) in [5.74, 6) is 0.520. The number of hydrogen-bond acceptors (Lipinski definition) is 2. The zero-order chi connectivity index (χ0) is 10.0. The molecular weight excluding hydrogens is 202 g/mol. The third-order valence-electron chi connectivity index (χ3n) is 2.17. The molecule has 13 heavy (non-hydrogen) atoms. The average Bonchev–Trinajstić information content (AvgIpc) is 2.31. The molecule has 0 aliphatic rings. The van der Waals surface area contributed by atoms with Gasteiger partial charge in [-0.2, -0.15) is 0 Å². The minimum atomic E-state index is 0.213. The van der Waals surface area contributed by atoms with E-state index in [-0.39, 0.29) is 5.38 Å². The van der Waals surface area contributed by atoms with E-state index in [2.05, 4.69) is 25.8 Å². The van der Waals surface area contributed by atoms with Crippen LogP contribution < -0.4 is 0 Å². The van der Waals surface area contributed by atoms with E-state index in [0.717, 1.165) is 12.1 Å². The van der Waals surface area contributed by atoms with E-state index in [0.29, 0.717) is 5.92 Å². The van der Waals surface area contributed by atoms with Crippen molar-refractivity contribution in [1.29, 1.82) is 0 Å². The molecule has 1 atom stereocenters. The monoisotopic (exact) mass is 217 g/mol. The molecule has 1 nitrogen and oxygen atoms in total. The molecule has 0 fully saturated rings. The summed E-state index contributed by atoms with van der Waals surface area (Å²) in [6.07, 6.45) is 0.901. The van der Waals surface area contributed by atoms with Gasteiger partial charge in [-0.25, -0.2) is 4.98 Å². The predicted molar refractivity (Wildman–Crippen MR) is 59.8 cm³/mol. The fourth-order valence-corrected chi connectivity index (χ4v) is 2.26. The summed E-state index contributed by atoms with van der Waals surface area (Å²) < 4.78 is 0. The van der Waals surface area contributed by atoms with E-state index in [1.54, 1.807) is 11.3 Å². The molecule has 0 aromatic carbocycles. The van der Waals surface area contributed by atoms with E-state index in [9.17, 15) is 0 Å². The van der Waals surface area contributed by atoms with Crippen LogP contribution >= 0.6 is 22.9 Å². The van der Waals surface area contributed by atoms with Crippen molar-refractivity contribution in [3.63, 3.8) is 0 Å². The first-order valence-electron chi connectivity index (χ1n) is 4.57. The Labute approximate surface area is 89.1 Å². The van der Waals surface area contributed by atoms with Gasteiger partial charge < -0.3 is 0 Å². The Morgan fingerprint density at radius 2 is 2.00 bits per heavy atom. The van der Waals surface area contributed by atoms with E-state index in [1.165, 1.54) is 9.88 Å². The number of rotatable bonds is 3. The summed E-state index contributed by atoms with van der Waals surface area (Å²) in [4.78, 5) is 5.77. The van der Waals surface area contributed by atoms with Crippen LogP contribution in [0.25, 0.3) is 0 Å².